The number of aromatic nitrogens is 1. The number of pyridine rings is 1. The standard InChI is InChI=1S/C34H30F3N3O4/c35-22-10-17(11-23(36)16-22)3-8-28(32-24(2-1-9-39-32)18-6-7-27(37)25(13-18)33(38)42)40-29(41)15-21-14-26(34(43)44)31-20-5-4-19(12-20)30(21)31/h1-2,6-7,9-11,13-14,16,19-21,28H,3-5,8,12,15H2,(H2,38,42)(H,40,41)(H,43,44)/t19?,20?,21?,28-/m0/s1. The lowest BCUT2D eigenvalue weighted by Gasteiger charge is -2.24. The van der Waals surface area contributed by atoms with Crippen LogP contribution in [-0.4, -0.2) is 27.9 Å². The van der Waals surface area contributed by atoms with Crippen molar-refractivity contribution in [3.63, 3.8) is 0 Å². The highest BCUT2D eigenvalue weighted by molar-refractivity contribution is 5.95. The number of halogens is 3. The molecule has 3 aromatic rings. The van der Waals surface area contributed by atoms with Gasteiger partial charge in [-0.3, -0.25) is 14.6 Å². The number of nitrogens with two attached hydrogens (primary N) is 1. The molecule has 3 unspecified atom stereocenters. The molecule has 0 saturated heterocycles. The highest BCUT2D eigenvalue weighted by atomic mass is 19.1. The van der Waals surface area contributed by atoms with E-state index in [1.165, 1.54) is 30.5 Å². The first-order valence-corrected chi connectivity index (χ1v) is 14.6. The molecular weight excluding hydrogens is 571 g/mol. The molecule has 4 N–H and O–H groups in total. The number of aryl methyl sites for hydroxylation is 1. The van der Waals surface area contributed by atoms with Crippen molar-refractivity contribution < 1.29 is 32.7 Å². The van der Waals surface area contributed by atoms with Crippen LogP contribution < -0.4 is 11.1 Å². The summed E-state index contributed by atoms with van der Waals surface area (Å²) < 4.78 is 42.2. The Morgan fingerprint density at radius 1 is 1.02 bits per heavy atom. The minimum atomic E-state index is -0.985. The van der Waals surface area contributed by atoms with Gasteiger partial charge in [0.05, 0.1) is 22.9 Å². The van der Waals surface area contributed by atoms with Crippen LogP contribution in [0, 0.1) is 35.2 Å². The number of carbonyl (C=O) groups excluding carboxylic acids is 2. The van der Waals surface area contributed by atoms with Crippen LogP contribution >= 0.6 is 0 Å². The molecule has 2 aromatic carbocycles. The van der Waals surface area contributed by atoms with Gasteiger partial charge in [0.1, 0.15) is 17.5 Å². The van der Waals surface area contributed by atoms with Gasteiger partial charge in [-0.05, 0) is 91.0 Å². The molecule has 2 bridgehead atoms. The van der Waals surface area contributed by atoms with E-state index in [0.29, 0.717) is 28.0 Å². The molecule has 6 rings (SSSR count). The summed E-state index contributed by atoms with van der Waals surface area (Å²) >= 11 is 0. The van der Waals surface area contributed by atoms with Crippen molar-refractivity contribution in [3.8, 4) is 11.1 Å². The number of rotatable bonds is 10. The first-order valence-electron chi connectivity index (χ1n) is 14.6. The third-order valence-electron chi connectivity index (χ3n) is 8.98. The molecule has 1 saturated carbocycles. The first kappa shape index (κ1) is 29.3. The zero-order valence-electron chi connectivity index (χ0n) is 23.7. The van der Waals surface area contributed by atoms with E-state index in [9.17, 15) is 32.7 Å². The highest BCUT2D eigenvalue weighted by Gasteiger charge is 2.47. The lowest BCUT2D eigenvalue weighted by molar-refractivity contribution is -0.132. The van der Waals surface area contributed by atoms with Gasteiger partial charge in [-0.15, -0.1) is 0 Å². The molecule has 1 aromatic heterocycles. The van der Waals surface area contributed by atoms with Crippen molar-refractivity contribution in [2.45, 2.75) is 44.6 Å². The van der Waals surface area contributed by atoms with E-state index in [0.717, 1.165) is 42.5 Å². The topological polar surface area (TPSA) is 122 Å². The Bertz CT molecular complexity index is 1730. The minimum absolute atomic E-state index is 0.0362. The Labute approximate surface area is 251 Å². The summed E-state index contributed by atoms with van der Waals surface area (Å²) in [5.74, 6) is -4.30. The number of primary amides is 1. The van der Waals surface area contributed by atoms with Crippen LogP contribution in [0.3, 0.4) is 0 Å². The fourth-order valence-corrected chi connectivity index (χ4v) is 7.21. The van der Waals surface area contributed by atoms with Crippen LogP contribution in [0.1, 0.15) is 59.8 Å². The molecule has 0 radical (unpaired) electrons. The summed E-state index contributed by atoms with van der Waals surface area (Å²) in [7, 11) is 0. The van der Waals surface area contributed by atoms with Gasteiger partial charge in [0.15, 0.2) is 0 Å². The highest BCUT2D eigenvalue weighted by Crippen LogP contribution is 2.57. The normalized spacial score (nSPS) is 20.8. The molecule has 0 spiro atoms. The summed E-state index contributed by atoms with van der Waals surface area (Å²) in [5, 5.41) is 12.9. The molecule has 2 amide bonds. The Morgan fingerprint density at radius 3 is 2.50 bits per heavy atom. The second kappa shape index (κ2) is 11.7. The molecule has 7 nitrogen and oxygen atoms in total. The van der Waals surface area contributed by atoms with E-state index in [4.69, 9.17) is 5.73 Å². The van der Waals surface area contributed by atoms with E-state index < -0.39 is 35.4 Å². The van der Waals surface area contributed by atoms with Crippen LogP contribution in [0.25, 0.3) is 11.1 Å². The van der Waals surface area contributed by atoms with Crippen LogP contribution in [0.5, 0.6) is 0 Å². The predicted octanol–water partition coefficient (Wildman–Crippen LogP) is 5.81. The smallest absolute Gasteiger partial charge is 0.335 e. The second-order valence-electron chi connectivity index (χ2n) is 11.7. The monoisotopic (exact) mass is 601 g/mol. The number of benzene rings is 2. The molecule has 44 heavy (non-hydrogen) atoms. The van der Waals surface area contributed by atoms with Gasteiger partial charge in [-0.25, -0.2) is 18.0 Å². The lowest BCUT2D eigenvalue weighted by Crippen LogP contribution is -2.31. The van der Waals surface area contributed by atoms with E-state index in [-0.39, 0.29) is 48.5 Å². The van der Waals surface area contributed by atoms with Crippen molar-refractivity contribution >= 4 is 17.8 Å². The maximum absolute atomic E-state index is 14.3. The van der Waals surface area contributed by atoms with Gasteiger partial charge in [0, 0.05) is 30.2 Å². The van der Waals surface area contributed by atoms with E-state index in [1.807, 2.05) is 0 Å². The Balaban J connectivity index is 1.31. The Kier molecular flexibility index (Phi) is 7.84. The van der Waals surface area contributed by atoms with Crippen molar-refractivity contribution in [3.05, 3.63) is 112 Å². The van der Waals surface area contributed by atoms with Gasteiger partial charge >= 0.3 is 5.97 Å². The average molecular weight is 602 g/mol. The second-order valence-corrected chi connectivity index (χ2v) is 11.7. The summed E-state index contributed by atoms with van der Waals surface area (Å²) in [6.45, 7) is 0. The number of amides is 2. The number of nitrogens with one attached hydrogen (secondary N) is 1. The summed E-state index contributed by atoms with van der Waals surface area (Å²) in [4.78, 5) is 42.0. The number of nitrogens with zero attached hydrogens (tertiary/aromatic N) is 1. The molecule has 1 heterocycles. The van der Waals surface area contributed by atoms with E-state index in [1.54, 1.807) is 18.2 Å². The van der Waals surface area contributed by atoms with Gasteiger partial charge in [-0.2, -0.15) is 0 Å². The van der Waals surface area contributed by atoms with E-state index >= 15 is 0 Å². The number of carbonyl (C=O) groups is 3. The number of aliphatic carboxylic acids is 1. The number of allylic oxidation sites excluding steroid dienone is 2. The minimum Gasteiger partial charge on any atom is -0.478 e. The lowest BCUT2D eigenvalue weighted by atomic mass is 9.85. The number of fused-ring (bicyclic) bond motifs is 4. The van der Waals surface area contributed by atoms with Crippen LogP contribution in [0.2, 0.25) is 0 Å². The SMILES string of the molecule is NC(=O)c1cc(-c2cccnc2[C@H](CCc2cc(F)cc(F)c2)NC(=O)CC2C=C(C(=O)O)C3=C2C2CCC3C2)ccc1F. The van der Waals surface area contributed by atoms with E-state index in [2.05, 4.69) is 10.3 Å². The Morgan fingerprint density at radius 2 is 1.77 bits per heavy atom. The van der Waals surface area contributed by atoms with Gasteiger partial charge in [-0.1, -0.05) is 23.8 Å². The van der Waals surface area contributed by atoms with Gasteiger partial charge in [0.25, 0.3) is 5.91 Å². The molecular formula is C34H30F3N3O4. The van der Waals surface area contributed by atoms with Crippen molar-refractivity contribution in [2.24, 2.45) is 23.5 Å². The van der Waals surface area contributed by atoms with Crippen LogP contribution in [0.15, 0.2) is 77.5 Å². The molecule has 0 aliphatic heterocycles. The van der Waals surface area contributed by atoms with Gasteiger partial charge < -0.3 is 16.2 Å². The Hall–Kier alpha value is -4.73. The first-order chi connectivity index (χ1) is 21.1. The number of hydrogen-bond donors (Lipinski definition) is 3. The van der Waals surface area contributed by atoms with Crippen molar-refractivity contribution in [1.82, 2.24) is 10.3 Å². The summed E-state index contributed by atoms with van der Waals surface area (Å²) in [5.41, 5.74) is 9.07. The third-order valence-corrected chi connectivity index (χ3v) is 8.98. The number of carboxylic acids is 1. The largest absolute Gasteiger partial charge is 0.478 e. The quantitative estimate of drug-likeness (QED) is 0.271. The fourth-order valence-electron chi connectivity index (χ4n) is 7.21. The summed E-state index contributed by atoms with van der Waals surface area (Å²) in [6, 6.07) is 9.78. The number of carboxylic acid groups (broad SMARTS) is 1. The third kappa shape index (κ3) is 5.64. The predicted molar refractivity (Wildman–Crippen MR) is 155 cm³/mol. The summed E-state index contributed by atoms with van der Waals surface area (Å²) in [6.07, 6.45) is 6.52. The zero-order valence-corrected chi connectivity index (χ0v) is 23.7. The number of hydrogen-bond acceptors (Lipinski definition) is 4. The molecule has 10 heteroatoms. The van der Waals surface area contributed by atoms with Crippen LogP contribution in [0.4, 0.5) is 13.2 Å². The maximum atomic E-state index is 14.3. The molecule has 4 atom stereocenters. The maximum Gasteiger partial charge on any atom is 0.335 e. The fraction of sp³-hybridized carbons (Fsp3) is 0.294. The molecule has 3 aliphatic rings. The molecule has 1 fully saturated rings. The van der Waals surface area contributed by atoms with Gasteiger partial charge in [0.2, 0.25) is 5.91 Å². The zero-order chi connectivity index (χ0) is 31.1. The van der Waals surface area contributed by atoms with Crippen LogP contribution in [-0.2, 0) is 16.0 Å². The average Bonchev–Trinajstić information content (AvgIpc) is 3.69. The molecule has 3 aliphatic carbocycles. The van der Waals surface area contributed by atoms with Crippen molar-refractivity contribution in [2.75, 3.05) is 0 Å². The van der Waals surface area contributed by atoms with Crippen molar-refractivity contribution in [1.29, 1.82) is 0 Å². The molecule has 226 valence electrons.